The molecule has 5 rings (SSSR count). The summed E-state index contributed by atoms with van der Waals surface area (Å²) in [4.78, 5) is 113. The Morgan fingerprint density at radius 3 is 0.901 bits per heavy atom. The number of hydrogen-bond donors (Lipinski definition) is 2. The van der Waals surface area contributed by atoms with Crippen LogP contribution < -0.4 is 30.4 Å². The first kappa shape index (κ1) is 65.5. The van der Waals surface area contributed by atoms with Gasteiger partial charge in [-0.2, -0.15) is 0 Å². The van der Waals surface area contributed by atoms with Crippen LogP contribution in [0, 0.1) is 20.2 Å². The number of ether oxygens (including phenoxy) is 13. The molecule has 1 heterocycles. The van der Waals surface area contributed by atoms with Crippen LogP contribution in [-0.2, 0) is 81.0 Å². The number of rotatable bonds is 32. The van der Waals surface area contributed by atoms with E-state index in [0.29, 0.717) is 35.7 Å². The number of nitrogens with zero attached hydrogens (tertiary/aromatic N) is 2. The molecule has 0 atom stereocenters. The van der Waals surface area contributed by atoms with Crippen LogP contribution in [0.4, 0.5) is 22.7 Å². The number of nitro benzene ring substituents is 2. The highest BCUT2D eigenvalue weighted by atomic mass is 16.7. The molecule has 0 saturated carbocycles. The minimum absolute atomic E-state index is 0.0148. The van der Waals surface area contributed by atoms with Crippen LogP contribution in [0.3, 0.4) is 0 Å². The number of anilines is 2. The fraction of sp³-hybridized carbons (Fsp3) is 0.385. The van der Waals surface area contributed by atoms with E-state index in [4.69, 9.17) is 63.6 Å². The topological polar surface area (TPSA) is 395 Å². The van der Waals surface area contributed by atoms with E-state index in [2.05, 4.69) is 9.47 Å². The number of nitro groups is 2. The van der Waals surface area contributed by atoms with Gasteiger partial charge in [-0.05, 0) is 74.9 Å². The van der Waals surface area contributed by atoms with Crippen molar-refractivity contribution in [2.75, 3.05) is 78.3 Å². The van der Waals surface area contributed by atoms with Gasteiger partial charge in [0.15, 0.2) is 26.4 Å². The summed E-state index contributed by atoms with van der Waals surface area (Å²) in [5, 5.41) is 21.4. The molecule has 29 nitrogen and oxygen atoms in total. The summed E-state index contributed by atoms with van der Waals surface area (Å²) in [6.45, 7) is -2.26. The SMILES string of the molecule is C1CCOC1.Nc1cccc(OCC(=O)OCOC(=O)CCCCC(=O)OCOC(=O)COc2cccc(N)c2)c1.O=C(CCCCC(=O)OCOC(=O)COc1cccc([N+](=O)[O-])c1)OCOC(=O)COc1cccc([N+](=O)[O-])c1. The van der Waals surface area contributed by atoms with Gasteiger partial charge in [-0.3, -0.25) is 39.4 Å². The summed E-state index contributed by atoms with van der Waals surface area (Å²) in [6, 6.07) is 23.5. The van der Waals surface area contributed by atoms with Crippen LogP contribution in [0.2, 0.25) is 0 Å². The second-order valence-corrected chi connectivity index (χ2v) is 16.1. The van der Waals surface area contributed by atoms with E-state index in [-0.39, 0.29) is 74.6 Å². The third-order valence-electron chi connectivity index (χ3n) is 9.81. The van der Waals surface area contributed by atoms with Crippen LogP contribution in [0.5, 0.6) is 23.0 Å². The summed E-state index contributed by atoms with van der Waals surface area (Å²) >= 11 is 0. The Hall–Kier alpha value is -9.80. The van der Waals surface area contributed by atoms with Crippen molar-refractivity contribution in [3.63, 3.8) is 0 Å². The van der Waals surface area contributed by atoms with E-state index in [0.717, 1.165) is 25.3 Å². The maximum absolute atomic E-state index is 11.7. The molecule has 1 fully saturated rings. The highest BCUT2D eigenvalue weighted by molar-refractivity contribution is 5.74. The van der Waals surface area contributed by atoms with Crippen LogP contribution in [0.1, 0.15) is 64.2 Å². The first-order valence-electron chi connectivity index (χ1n) is 24.5. The molecule has 0 bridgehead atoms. The van der Waals surface area contributed by atoms with Gasteiger partial charge in [0.25, 0.3) is 11.4 Å². The number of carbonyl (C=O) groups excluding carboxylic acids is 8. The minimum atomic E-state index is -0.863. The zero-order valence-electron chi connectivity index (χ0n) is 43.6. The van der Waals surface area contributed by atoms with E-state index < -0.39 is 98.0 Å². The molecule has 0 aliphatic carbocycles. The Kier molecular flexibility index (Phi) is 31.3. The standard InChI is InChI=1S/C24H24N2O14.C24H28N2O10.C4H8O/c27-21(37-15-39-23(29)13-35-19-7-3-5-17(11-19)25(31)32)9-1-2-10-22(28)38-16-40-24(30)14-36-20-8-4-6-18(12-20)26(33)34;25-17-5-3-7-19(11-17)31-13-23(29)35-15-33-21(27)9-1-2-10-22(28)34-16-36-24(30)14-32-20-8-4-6-18(26)12-20;1-2-4-5-3-1/h3-8,11-12H,1-2,9-10,13-16H2;3-8,11-12H,1-2,9-10,13-16,25-26H2;1-4H2. The molecule has 0 spiro atoms. The molecule has 4 N–H and O–H groups in total. The summed E-state index contributed by atoms with van der Waals surface area (Å²) in [6.07, 6.45) is 3.64. The van der Waals surface area contributed by atoms with Gasteiger partial charge in [0.1, 0.15) is 23.0 Å². The van der Waals surface area contributed by atoms with Gasteiger partial charge in [-0.15, -0.1) is 0 Å². The maximum atomic E-state index is 11.7. The average Bonchev–Trinajstić information content (AvgIpc) is 4.05. The molecular formula is C52H60N4O25. The zero-order valence-corrected chi connectivity index (χ0v) is 43.6. The Morgan fingerprint density at radius 2 is 0.654 bits per heavy atom. The first-order valence-corrected chi connectivity index (χ1v) is 24.5. The van der Waals surface area contributed by atoms with Gasteiger partial charge >= 0.3 is 47.8 Å². The van der Waals surface area contributed by atoms with Crippen molar-refractivity contribution in [3.05, 3.63) is 117 Å². The van der Waals surface area contributed by atoms with Crippen molar-refractivity contribution in [2.45, 2.75) is 64.2 Å². The predicted octanol–water partition coefficient (Wildman–Crippen LogP) is 5.36. The molecule has 4 aromatic rings. The lowest BCUT2D eigenvalue weighted by Gasteiger charge is -2.09. The number of esters is 8. The van der Waals surface area contributed by atoms with Crippen LogP contribution in [0.25, 0.3) is 0 Å². The number of hydrogen-bond acceptors (Lipinski definition) is 27. The Bertz CT molecular complexity index is 2500. The van der Waals surface area contributed by atoms with Crippen LogP contribution in [-0.4, -0.2) is 124 Å². The van der Waals surface area contributed by atoms with Crippen molar-refractivity contribution in [2.24, 2.45) is 0 Å². The van der Waals surface area contributed by atoms with Crippen molar-refractivity contribution in [1.82, 2.24) is 0 Å². The molecule has 438 valence electrons. The lowest BCUT2D eigenvalue weighted by atomic mass is 10.2. The number of benzene rings is 4. The minimum Gasteiger partial charge on any atom is -0.482 e. The highest BCUT2D eigenvalue weighted by Gasteiger charge is 2.15. The fourth-order valence-electron chi connectivity index (χ4n) is 5.84. The lowest BCUT2D eigenvalue weighted by Crippen LogP contribution is -2.18. The molecule has 0 radical (unpaired) electrons. The Labute approximate surface area is 462 Å². The van der Waals surface area contributed by atoms with Crippen molar-refractivity contribution in [1.29, 1.82) is 0 Å². The first-order chi connectivity index (χ1) is 38.9. The van der Waals surface area contributed by atoms with Gasteiger partial charge in [0.2, 0.25) is 27.2 Å². The Balaban J connectivity index is 0.000000392. The molecule has 4 aromatic carbocycles. The van der Waals surface area contributed by atoms with E-state index in [1.165, 1.54) is 49.2 Å². The van der Waals surface area contributed by atoms with Crippen LogP contribution in [0.15, 0.2) is 97.1 Å². The number of nitrogens with two attached hydrogens (primary N) is 2. The fourth-order valence-corrected chi connectivity index (χ4v) is 5.84. The molecule has 0 amide bonds. The number of nitrogen functional groups attached to an aromatic ring is 2. The van der Waals surface area contributed by atoms with E-state index >= 15 is 0 Å². The van der Waals surface area contributed by atoms with Gasteiger partial charge in [0.05, 0.1) is 22.0 Å². The van der Waals surface area contributed by atoms with Gasteiger partial charge in [-0.1, -0.05) is 24.3 Å². The third kappa shape index (κ3) is 31.9. The number of non-ortho nitro benzene ring substituents is 2. The lowest BCUT2D eigenvalue weighted by molar-refractivity contribution is -0.385. The summed E-state index contributed by atoms with van der Waals surface area (Å²) in [5.41, 5.74) is 11.8. The number of unbranched alkanes of at least 4 members (excludes halogenated alkanes) is 2. The Morgan fingerprint density at radius 1 is 0.395 bits per heavy atom. The third-order valence-corrected chi connectivity index (χ3v) is 9.81. The average molecular weight is 1140 g/mol. The van der Waals surface area contributed by atoms with Crippen molar-refractivity contribution >= 4 is 70.5 Å². The van der Waals surface area contributed by atoms with E-state index in [1.54, 1.807) is 48.5 Å². The summed E-state index contributed by atoms with van der Waals surface area (Å²) in [7, 11) is 0. The normalized spacial score (nSPS) is 11.0. The van der Waals surface area contributed by atoms with Gasteiger partial charge < -0.3 is 73.0 Å². The maximum Gasteiger partial charge on any atom is 0.347 e. The monoisotopic (exact) mass is 1140 g/mol. The molecule has 1 aliphatic heterocycles. The molecular weight excluding hydrogens is 1080 g/mol. The molecule has 0 unspecified atom stereocenters. The summed E-state index contributed by atoms with van der Waals surface area (Å²) in [5.74, 6) is -4.72. The summed E-state index contributed by atoms with van der Waals surface area (Å²) < 4.78 is 63.5. The molecule has 1 saturated heterocycles. The van der Waals surface area contributed by atoms with E-state index in [1.807, 2.05) is 0 Å². The smallest absolute Gasteiger partial charge is 0.347 e. The second kappa shape index (κ2) is 38.7. The molecule has 81 heavy (non-hydrogen) atoms. The van der Waals surface area contributed by atoms with Crippen molar-refractivity contribution in [3.8, 4) is 23.0 Å². The molecule has 0 aromatic heterocycles. The highest BCUT2D eigenvalue weighted by Crippen LogP contribution is 2.21. The van der Waals surface area contributed by atoms with Crippen LogP contribution >= 0.6 is 0 Å². The zero-order chi connectivity index (χ0) is 59.0. The number of carbonyl (C=O) groups is 8. The van der Waals surface area contributed by atoms with Gasteiger partial charge in [-0.25, -0.2) is 19.2 Å². The quantitative estimate of drug-likeness (QED) is 0.0118. The van der Waals surface area contributed by atoms with Crippen molar-refractivity contribution < 1.29 is 110 Å². The predicted molar refractivity (Wildman–Crippen MR) is 275 cm³/mol. The largest absolute Gasteiger partial charge is 0.482 e. The molecule has 1 aliphatic rings. The van der Waals surface area contributed by atoms with Gasteiger partial charge in [0, 0.05) is 74.5 Å². The van der Waals surface area contributed by atoms with E-state index in [9.17, 15) is 58.6 Å². The second-order valence-electron chi connectivity index (χ2n) is 16.1. The molecule has 29 heteroatoms.